The van der Waals surface area contributed by atoms with E-state index in [9.17, 15) is 0 Å². The zero-order valence-corrected chi connectivity index (χ0v) is 11.9. The van der Waals surface area contributed by atoms with Crippen molar-refractivity contribution in [2.45, 2.75) is 26.4 Å². The molecule has 0 aromatic heterocycles. The minimum absolute atomic E-state index is 0.161. The van der Waals surface area contributed by atoms with Gasteiger partial charge in [0.2, 0.25) is 0 Å². The summed E-state index contributed by atoms with van der Waals surface area (Å²) >= 11 is 0. The number of nitrogens with one attached hydrogen (secondary N) is 1. The van der Waals surface area contributed by atoms with Gasteiger partial charge < -0.3 is 20.7 Å². The lowest BCUT2D eigenvalue weighted by molar-refractivity contribution is 0.242. The molecule has 0 saturated carbocycles. The molecule has 0 fully saturated rings. The van der Waals surface area contributed by atoms with Gasteiger partial charge in [0, 0.05) is 30.1 Å². The van der Waals surface area contributed by atoms with E-state index in [1.807, 2.05) is 32.0 Å². The molecule has 1 aromatic rings. The van der Waals surface area contributed by atoms with E-state index >= 15 is 0 Å². The molecule has 0 aliphatic heterocycles. The van der Waals surface area contributed by atoms with Gasteiger partial charge in [0.05, 0.1) is 6.10 Å². The zero-order chi connectivity index (χ0) is 13.5. The molecule has 0 heterocycles. The second kappa shape index (κ2) is 7.11. The third kappa shape index (κ3) is 5.77. The molecule has 102 valence electrons. The minimum atomic E-state index is 0.161. The van der Waals surface area contributed by atoms with Crippen LogP contribution >= 0.6 is 0 Å². The van der Waals surface area contributed by atoms with Gasteiger partial charge in [-0.15, -0.1) is 0 Å². The van der Waals surface area contributed by atoms with Crippen LogP contribution in [-0.4, -0.2) is 38.2 Å². The maximum absolute atomic E-state index is 5.86. The predicted molar refractivity (Wildman–Crippen MR) is 78.3 cm³/mol. The molecule has 18 heavy (non-hydrogen) atoms. The van der Waals surface area contributed by atoms with E-state index in [1.54, 1.807) is 0 Å². The highest BCUT2D eigenvalue weighted by Gasteiger charge is 2.02. The van der Waals surface area contributed by atoms with E-state index in [2.05, 4.69) is 24.3 Å². The molecule has 0 bridgehead atoms. The molecule has 0 aliphatic rings. The van der Waals surface area contributed by atoms with E-state index in [4.69, 9.17) is 10.5 Å². The van der Waals surface area contributed by atoms with Crippen LogP contribution in [0.2, 0.25) is 0 Å². The maximum Gasteiger partial charge on any atom is 0.123 e. The van der Waals surface area contributed by atoms with Crippen LogP contribution in [0.4, 0.5) is 11.4 Å². The highest BCUT2D eigenvalue weighted by atomic mass is 16.5. The smallest absolute Gasteiger partial charge is 0.123 e. The predicted octanol–water partition coefficient (Wildman–Crippen LogP) is 2.42. The first-order valence-corrected chi connectivity index (χ1v) is 6.43. The van der Waals surface area contributed by atoms with E-state index in [1.165, 1.54) is 0 Å². The van der Waals surface area contributed by atoms with Gasteiger partial charge in [0.15, 0.2) is 0 Å². The van der Waals surface area contributed by atoms with Crippen molar-refractivity contribution in [3.05, 3.63) is 18.2 Å². The summed E-state index contributed by atoms with van der Waals surface area (Å²) in [4.78, 5) is 2.17. The summed E-state index contributed by atoms with van der Waals surface area (Å²) in [5.41, 5.74) is 7.60. The van der Waals surface area contributed by atoms with Gasteiger partial charge in [0.25, 0.3) is 0 Å². The van der Waals surface area contributed by atoms with Crippen LogP contribution in [0.5, 0.6) is 5.75 Å². The first kappa shape index (κ1) is 14.6. The Hall–Kier alpha value is -1.42. The van der Waals surface area contributed by atoms with E-state index in [-0.39, 0.29) is 6.10 Å². The van der Waals surface area contributed by atoms with Crippen LogP contribution in [-0.2, 0) is 0 Å². The summed E-state index contributed by atoms with van der Waals surface area (Å²) in [6.45, 7) is 6.02. The van der Waals surface area contributed by atoms with Crippen molar-refractivity contribution in [1.82, 2.24) is 4.90 Å². The first-order valence-electron chi connectivity index (χ1n) is 6.43. The fourth-order valence-corrected chi connectivity index (χ4v) is 1.69. The van der Waals surface area contributed by atoms with Crippen molar-refractivity contribution >= 4 is 11.4 Å². The fraction of sp³-hybridized carbons (Fsp3) is 0.571. The number of nitrogen functional groups attached to an aromatic ring is 1. The Kier molecular flexibility index (Phi) is 5.78. The number of hydrogen-bond acceptors (Lipinski definition) is 4. The van der Waals surface area contributed by atoms with Crippen molar-refractivity contribution in [2.24, 2.45) is 0 Å². The van der Waals surface area contributed by atoms with Gasteiger partial charge in [-0.25, -0.2) is 0 Å². The Labute approximate surface area is 110 Å². The molecular formula is C14H25N3O. The highest BCUT2D eigenvalue weighted by Crippen LogP contribution is 2.23. The summed E-state index contributed by atoms with van der Waals surface area (Å²) in [5, 5.41) is 3.37. The van der Waals surface area contributed by atoms with Crippen molar-refractivity contribution in [3.63, 3.8) is 0 Å². The topological polar surface area (TPSA) is 50.5 Å². The van der Waals surface area contributed by atoms with Crippen LogP contribution in [0.3, 0.4) is 0 Å². The molecule has 0 aliphatic carbocycles. The zero-order valence-electron chi connectivity index (χ0n) is 11.9. The number of hydrogen-bond donors (Lipinski definition) is 2. The number of ether oxygens (including phenoxy) is 1. The lowest BCUT2D eigenvalue weighted by Crippen LogP contribution is -2.16. The summed E-state index contributed by atoms with van der Waals surface area (Å²) < 4.78 is 5.65. The fourth-order valence-electron chi connectivity index (χ4n) is 1.69. The van der Waals surface area contributed by atoms with Gasteiger partial charge in [-0.05, 0) is 47.0 Å². The quantitative estimate of drug-likeness (QED) is 0.577. The Morgan fingerprint density at radius 1 is 1.28 bits per heavy atom. The molecule has 0 amide bonds. The van der Waals surface area contributed by atoms with E-state index in [0.717, 1.165) is 36.6 Å². The summed E-state index contributed by atoms with van der Waals surface area (Å²) in [7, 11) is 4.16. The summed E-state index contributed by atoms with van der Waals surface area (Å²) in [6.07, 6.45) is 1.26. The number of rotatable bonds is 7. The third-order valence-corrected chi connectivity index (χ3v) is 2.41. The standard InChI is InChI=1S/C14H25N3O/c1-11(2)18-14-9-12(15)8-13(10-14)16-6-5-7-17(3)4/h8-11,16H,5-7,15H2,1-4H3. The summed E-state index contributed by atoms with van der Waals surface area (Å²) in [5.74, 6) is 0.820. The van der Waals surface area contributed by atoms with Crippen molar-refractivity contribution in [1.29, 1.82) is 0 Å². The van der Waals surface area contributed by atoms with Gasteiger partial charge in [-0.1, -0.05) is 0 Å². The number of nitrogens with two attached hydrogens (primary N) is 1. The second-order valence-corrected chi connectivity index (χ2v) is 5.04. The molecule has 1 rings (SSSR count). The molecule has 1 aromatic carbocycles. The van der Waals surface area contributed by atoms with Crippen LogP contribution in [0.1, 0.15) is 20.3 Å². The van der Waals surface area contributed by atoms with Gasteiger partial charge >= 0.3 is 0 Å². The number of anilines is 2. The van der Waals surface area contributed by atoms with Crippen LogP contribution in [0.25, 0.3) is 0 Å². The van der Waals surface area contributed by atoms with E-state index < -0.39 is 0 Å². The summed E-state index contributed by atoms with van der Waals surface area (Å²) in [6, 6.07) is 5.78. The van der Waals surface area contributed by atoms with Crippen molar-refractivity contribution in [3.8, 4) is 5.75 Å². The molecule has 0 saturated heterocycles. The third-order valence-electron chi connectivity index (χ3n) is 2.41. The monoisotopic (exact) mass is 251 g/mol. The minimum Gasteiger partial charge on any atom is -0.491 e. The number of benzene rings is 1. The Balaban J connectivity index is 2.51. The molecule has 0 unspecified atom stereocenters. The Bertz CT molecular complexity index is 364. The van der Waals surface area contributed by atoms with Crippen LogP contribution < -0.4 is 15.8 Å². The molecule has 4 heteroatoms. The molecular weight excluding hydrogens is 226 g/mol. The molecule has 0 radical (unpaired) electrons. The van der Waals surface area contributed by atoms with Crippen LogP contribution in [0, 0.1) is 0 Å². The van der Waals surface area contributed by atoms with Crippen molar-refractivity contribution in [2.75, 3.05) is 38.2 Å². The lowest BCUT2D eigenvalue weighted by atomic mass is 10.2. The maximum atomic E-state index is 5.86. The highest BCUT2D eigenvalue weighted by molar-refractivity contribution is 5.59. The second-order valence-electron chi connectivity index (χ2n) is 5.04. The van der Waals surface area contributed by atoms with Crippen molar-refractivity contribution < 1.29 is 4.74 Å². The van der Waals surface area contributed by atoms with Gasteiger partial charge in [0.1, 0.15) is 5.75 Å². The molecule has 3 N–H and O–H groups in total. The normalized spacial score (nSPS) is 11.0. The SMILES string of the molecule is CC(C)Oc1cc(N)cc(NCCCN(C)C)c1. The number of nitrogens with zero attached hydrogens (tertiary/aromatic N) is 1. The average molecular weight is 251 g/mol. The molecule has 0 spiro atoms. The van der Waals surface area contributed by atoms with Crippen LogP contribution in [0.15, 0.2) is 18.2 Å². The Morgan fingerprint density at radius 2 is 2.00 bits per heavy atom. The van der Waals surface area contributed by atoms with E-state index in [0.29, 0.717) is 0 Å². The molecule has 4 nitrogen and oxygen atoms in total. The molecule has 0 atom stereocenters. The average Bonchev–Trinajstić information content (AvgIpc) is 2.22. The van der Waals surface area contributed by atoms with Gasteiger partial charge in [-0.2, -0.15) is 0 Å². The largest absolute Gasteiger partial charge is 0.491 e. The first-order chi connectivity index (χ1) is 8.47. The van der Waals surface area contributed by atoms with Gasteiger partial charge in [-0.3, -0.25) is 0 Å². The lowest BCUT2D eigenvalue weighted by Gasteiger charge is -2.14. The Morgan fingerprint density at radius 3 is 2.61 bits per heavy atom.